The van der Waals surface area contributed by atoms with Gasteiger partial charge in [0.15, 0.2) is 5.78 Å². The molecule has 0 aliphatic carbocycles. The van der Waals surface area contributed by atoms with E-state index in [0.717, 1.165) is 16.9 Å². The van der Waals surface area contributed by atoms with Gasteiger partial charge in [-0.1, -0.05) is 18.2 Å². The smallest absolute Gasteiger partial charge is 0.228 e. The Morgan fingerprint density at radius 3 is 3.00 bits per heavy atom. The number of hydrogen-bond donors (Lipinski definition) is 0. The molecular weight excluding hydrogens is 354 g/mol. The molecule has 2 aromatic heterocycles. The first-order valence-corrected chi connectivity index (χ1v) is 9.55. The molecule has 0 bridgehead atoms. The molecule has 28 heavy (non-hydrogen) atoms. The molecule has 142 valence electrons. The van der Waals surface area contributed by atoms with Crippen LogP contribution in [0.15, 0.2) is 48.8 Å². The lowest BCUT2D eigenvalue weighted by molar-refractivity contribution is -0.130. The summed E-state index contributed by atoms with van der Waals surface area (Å²) in [5.74, 6) is 0.758. The lowest BCUT2D eigenvalue weighted by atomic mass is 9.89. The summed E-state index contributed by atoms with van der Waals surface area (Å²) in [6.07, 6.45) is 4.98. The van der Waals surface area contributed by atoms with Gasteiger partial charge >= 0.3 is 0 Å². The van der Waals surface area contributed by atoms with Crippen LogP contribution in [0.4, 0.5) is 0 Å². The predicted octanol–water partition coefficient (Wildman–Crippen LogP) is 2.82. The zero-order valence-corrected chi connectivity index (χ0v) is 15.7. The summed E-state index contributed by atoms with van der Waals surface area (Å²) in [5, 5.41) is 0. The molecule has 1 aromatic carbocycles. The number of imidazole rings is 1. The van der Waals surface area contributed by atoms with E-state index in [2.05, 4.69) is 4.98 Å². The van der Waals surface area contributed by atoms with Crippen molar-refractivity contribution in [3.05, 3.63) is 65.6 Å². The number of benzene rings is 1. The van der Waals surface area contributed by atoms with E-state index in [9.17, 15) is 9.59 Å². The van der Waals surface area contributed by atoms with Crippen molar-refractivity contribution < 1.29 is 14.3 Å². The Labute approximate surface area is 162 Å². The van der Waals surface area contributed by atoms with E-state index in [0.29, 0.717) is 37.2 Å². The van der Waals surface area contributed by atoms with Crippen LogP contribution >= 0.6 is 0 Å². The average molecular weight is 375 g/mol. The number of carbonyl (C=O) groups excluding carboxylic acids is 2. The molecule has 5 rings (SSSR count). The number of ether oxygens (including phenoxy) is 1. The number of pyridine rings is 1. The number of para-hydroxylation sites is 1. The second kappa shape index (κ2) is 6.19. The zero-order valence-electron chi connectivity index (χ0n) is 15.7. The fraction of sp³-hybridized carbons (Fsp3) is 0.318. The number of amides is 1. The van der Waals surface area contributed by atoms with Crippen LogP contribution in [-0.2, 0) is 11.2 Å². The number of hydrogen-bond acceptors (Lipinski definition) is 4. The highest BCUT2D eigenvalue weighted by atomic mass is 16.5. The minimum absolute atomic E-state index is 0.0371. The van der Waals surface area contributed by atoms with Crippen LogP contribution in [0.3, 0.4) is 0 Å². The number of likely N-dealkylation sites (tertiary alicyclic amines) is 1. The Balaban J connectivity index is 1.34. The first-order chi connectivity index (χ1) is 13.5. The summed E-state index contributed by atoms with van der Waals surface area (Å²) in [4.78, 5) is 31.8. The quantitative estimate of drug-likeness (QED) is 0.691. The molecule has 1 saturated heterocycles. The predicted molar refractivity (Wildman–Crippen MR) is 104 cm³/mol. The summed E-state index contributed by atoms with van der Waals surface area (Å²) in [7, 11) is 0. The van der Waals surface area contributed by atoms with Crippen molar-refractivity contribution >= 4 is 17.3 Å². The summed E-state index contributed by atoms with van der Waals surface area (Å²) in [6.45, 7) is 3.05. The van der Waals surface area contributed by atoms with Gasteiger partial charge in [-0.2, -0.15) is 0 Å². The Hall–Kier alpha value is -3.15. The van der Waals surface area contributed by atoms with E-state index < -0.39 is 5.60 Å². The van der Waals surface area contributed by atoms with Gasteiger partial charge < -0.3 is 14.0 Å². The molecule has 1 atom stereocenters. The van der Waals surface area contributed by atoms with Gasteiger partial charge in [0.05, 0.1) is 30.6 Å². The third kappa shape index (κ3) is 2.68. The summed E-state index contributed by atoms with van der Waals surface area (Å²) in [6, 6.07) is 11.3. The van der Waals surface area contributed by atoms with Crippen LogP contribution in [0.2, 0.25) is 0 Å². The van der Waals surface area contributed by atoms with Gasteiger partial charge in [0, 0.05) is 25.4 Å². The van der Waals surface area contributed by atoms with E-state index in [1.807, 2.05) is 52.8 Å². The number of aromatic nitrogens is 2. The van der Waals surface area contributed by atoms with E-state index in [1.165, 1.54) is 0 Å². The molecule has 4 heterocycles. The van der Waals surface area contributed by atoms with Gasteiger partial charge in [-0.3, -0.25) is 9.59 Å². The van der Waals surface area contributed by atoms with E-state index in [-0.39, 0.29) is 18.1 Å². The molecule has 6 nitrogen and oxygen atoms in total. The number of aryl methyl sites for hydroxylation is 1. The van der Waals surface area contributed by atoms with Crippen LogP contribution in [0.25, 0.3) is 5.65 Å². The van der Waals surface area contributed by atoms with Crippen molar-refractivity contribution in [2.45, 2.75) is 31.8 Å². The van der Waals surface area contributed by atoms with E-state index in [1.54, 1.807) is 12.3 Å². The van der Waals surface area contributed by atoms with Crippen LogP contribution in [-0.4, -0.2) is 44.7 Å². The third-order valence-corrected chi connectivity index (χ3v) is 5.81. The summed E-state index contributed by atoms with van der Waals surface area (Å²) >= 11 is 0. The first kappa shape index (κ1) is 17.0. The monoisotopic (exact) mass is 375 g/mol. The van der Waals surface area contributed by atoms with Crippen molar-refractivity contribution in [2.75, 3.05) is 13.1 Å². The molecule has 1 spiro atoms. The van der Waals surface area contributed by atoms with Crippen LogP contribution in [0.5, 0.6) is 5.75 Å². The van der Waals surface area contributed by atoms with Crippen LogP contribution in [0.1, 0.15) is 34.5 Å². The Morgan fingerprint density at radius 1 is 1.25 bits per heavy atom. The Kier molecular flexibility index (Phi) is 3.75. The average Bonchev–Trinajstić information content (AvgIpc) is 3.27. The largest absolute Gasteiger partial charge is 0.484 e. The van der Waals surface area contributed by atoms with Gasteiger partial charge in [-0.15, -0.1) is 0 Å². The van der Waals surface area contributed by atoms with Gasteiger partial charge in [0.1, 0.15) is 17.0 Å². The molecule has 1 fully saturated rings. The molecule has 0 saturated carbocycles. The molecule has 2 aliphatic heterocycles. The molecule has 6 heteroatoms. The number of Topliss-reactive ketones (excluding diaryl/α,β-unsaturated/α-hetero) is 1. The van der Waals surface area contributed by atoms with Crippen molar-refractivity contribution in [2.24, 2.45) is 0 Å². The normalized spacial score (nSPS) is 21.2. The maximum atomic E-state index is 12.9. The Bertz CT molecular complexity index is 1100. The van der Waals surface area contributed by atoms with Gasteiger partial charge in [-0.25, -0.2) is 4.98 Å². The maximum absolute atomic E-state index is 12.9. The highest BCUT2D eigenvalue weighted by Crippen LogP contribution is 2.38. The summed E-state index contributed by atoms with van der Waals surface area (Å²) in [5.41, 5.74) is 2.86. The molecular formula is C22H21N3O3. The zero-order chi connectivity index (χ0) is 19.3. The topological polar surface area (TPSA) is 63.9 Å². The van der Waals surface area contributed by atoms with Crippen molar-refractivity contribution in [1.29, 1.82) is 0 Å². The number of nitrogens with zero attached hydrogens (tertiary/aromatic N) is 3. The third-order valence-electron chi connectivity index (χ3n) is 5.81. The van der Waals surface area contributed by atoms with Gasteiger partial charge in [-0.05, 0) is 30.7 Å². The van der Waals surface area contributed by atoms with E-state index >= 15 is 0 Å². The lowest BCUT2D eigenvalue weighted by Gasteiger charge is -2.34. The lowest BCUT2D eigenvalue weighted by Crippen LogP contribution is -2.45. The second-order valence-electron chi connectivity index (χ2n) is 7.76. The first-order valence-electron chi connectivity index (χ1n) is 9.55. The highest BCUT2D eigenvalue weighted by molar-refractivity contribution is 6.00. The molecule has 0 radical (unpaired) electrons. The number of ketones is 1. The Morgan fingerprint density at radius 2 is 2.11 bits per heavy atom. The molecule has 2 aliphatic rings. The van der Waals surface area contributed by atoms with Crippen molar-refractivity contribution in [3.8, 4) is 5.75 Å². The molecule has 3 aromatic rings. The van der Waals surface area contributed by atoms with Crippen LogP contribution < -0.4 is 4.74 Å². The highest BCUT2D eigenvalue weighted by Gasteiger charge is 2.46. The fourth-order valence-corrected chi connectivity index (χ4v) is 4.33. The summed E-state index contributed by atoms with van der Waals surface area (Å²) < 4.78 is 8.19. The SMILES string of the molecule is Cc1cccn2c(CC(=O)N3CC[C@]4(CC(=O)c5ccccc5O4)C3)cnc12. The number of rotatable bonds is 2. The van der Waals surface area contributed by atoms with Gasteiger partial charge in [0.25, 0.3) is 0 Å². The molecule has 0 unspecified atom stereocenters. The molecule has 1 amide bonds. The van der Waals surface area contributed by atoms with E-state index in [4.69, 9.17) is 4.74 Å². The number of fused-ring (bicyclic) bond motifs is 2. The maximum Gasteiger partial charge on any atom is 0.228 e. The second-order valence-corrected chi connectivity index (χ2v) is 7.76. The van der Waals surface area contributed by atoms with Crippen LogP contribution in [0, 0.1) is 6.92 Å². The molecule has 0 N–H and O–H groups in total. The van der Waals surface area contributed by atoms with Crippen molar-refractivity contribution in [3.63, 3.8) is 0 Å². The standard InChI is InChI=1S/C22H21N3O3/c1-15-5-4-9-25-16(13-23-21(15)25)11-20(27)24-10-8-22(14-24)12-18(26)17-6-2-3-7-19(17)28-22/h2-7,9,13H,8,10-12,14H2,1H3/t22-/m0/s1. The number of carbonyl (C=O) groups is 2. The van der Waals surface area contributed by atoms with Gasteiger partial charge in [0.2, 0.25) is 5.91 Å². The van der Waals surface area contributed by atoms with Crippen molar-refractivity contribution in [1.82, 2.24) is 14.3 Å². The minimum atomic E-state index is -0.600. The fourth-order valence-electron chi connectivity index (χ4n) is 4.33. The minimum Gasteiger partial charge on any atom is -0.484 e.